The van der Waals surface area contributed by atoms with Gasteiger partial charge in [0.25, 0.3) is 0 Å². The number of hydrogen-bond acceptors (Lipinski definition) is 6. The van der Waals surface area contributed by atoms with Crippen LogP contribution in [0, 0.1) is 5.92 Å². The van der Waals surface area contributed by atoms with Gasteiger partial charge in [0.1, 0.15) is 5.82 Å². The molecule has 0 fully saturated rings. The molecule has 0 bridgehead atoms. The maximum Gasteiger partial charge on any atom is 0.328 e. The van der Waals surface area contributed by atoms with E-state index >= 15 is 0 Å². The fourth-order valence-corrected chi connectivity index (χ4v) is 3.88. The number of nitrogens with one attached hydrogen (secondary N) is 2. The standard InChI is InChI=1S/C23H34N6O3/c1-16(2)14-19-15-29(28-27-19)20(23(31)32)11-13-24-21(30)8-4-3-7-18-10-9-17-6-5-12-25-22(17)26-18/h9-10,15-16,20H,3-8,11-14H2,1-2H3,(H,24,30)(H,25,26)(H,31,32). The quantitative estimate of drug-likeness (QED) is 0.432. The zero-order valence-corrected chi connectivity index (χ0v) is 19.0. The number of unbranched alkanes of at least 4 members (excludes halogenated alkanes) is 1. The first-order valence-corrected chi connectivity index (χ1v) is 11.5. The minimum Gasteiger partial charge on any atom is -0.480 e. The monoisotopic (exact) mass is 442 g/mol. The molecule has 1 aliphatic rings. The predicted octanol–water partition coefficient (Wildman–Crippen LogP) is 2.77. The highest BCUT2D eigenvalue weighted by Crippen LogP contribution is 2.20. The summed E-state index contributed by atoms with van der Waals surface area (Å²) in [7, 11) is 0. The van der Waals surface area contributed by atoms with Gasteiger partial charge in [-0.3, -0.25) is 4.79 Å². The second-order valence-corrected chi connectivity index (χ2v) is 8.83. The number of pyridine rings is 1. The molecule has 2 aromatic rings. The second-order valence-electron chi connectivity index (χ2n) is 8.83. The molecule has 1 aliphatic heterocycles. The lowest BCUT2D eigenvalue weighted by atomic mass is 10.1. The third-order valence-electron chi connectivity index (χ3n) is 5.56. The number of anilines is 1. The Bertz CT molecular complexity index is 911. The van der Waals surface area contributed by atoms with E-state index in [4.69, 9.17) is 0 Å². The van der Waals surface area contributed by atoms with Crippen molar-refractivity contribution in [1.82, 2.24) is 25.3 Å². The number of carboxylic acid groups (broad SMARTS) is 1. The maximum absolute atomic E-state index is 12.1. The summed E-state index contributed by atoms with van der Waals surface area (Å²) in [4.78, 5) is 28.5. The van der Waals surface area contributed by atoms with Gasteiger partial charge < -0.3 is 15.7 Å². The van der Waals surface area contributed by atoms with Crippen LogP contribution < -0.4 is 10.6 Å². The summed E-state index contributed by atoms with van der Waals surface area (Å²) in [6, 6.07) is 3.39. The molecule has 0 radical (unpaired) electrons. The predicted molar refractivity (Wildman–Crippen MR) is 121 cm³/mol. The summed E-state index contributed by atoms with van der Waals surface area (Å²) < 4.78 is 1.38. The number of aromatic nitrogens is 4. The zero-order valence-electron chi connectivity index (χ0n) is 19.0. The van der Waals surface area contributed by atoms with Crippen LogP contribution in [0.4, 0.5) is 5.82 Å². The molecule has 0 aliphatic carbocycles. The van der Waals surface area contributed by atoms with Crippen LogP contribution in [0.25, 0.3) is 0 Å². The topological polar surface area (TPSA) is 122 Å². The van der Waals surface area contributed by atoms with Crippen LogP contribution >= 0.6 is 0 Å². The molecule has 174 valence electrons. The van der Waals surface area contributed by atoms with Crippen LogP contribution in [0.2, 0.25) is 0 Å². The molecule has 0 aromatic carbocycles. The molecule has 1 amide bonds. The molecular formula is C23H34N6O3. The van der Waals surface area contributed by atoms with Crippen molar-refractivity contribution in [3.63, 3.8) is 0 Å². The van der Waals surface area contributed by atoms with E-state index in [-0.39, 0.29) is 18.9 Å². The molecule has 3 N–H and O–H groups in total. The first-order chi connectivity index (χ1) is 15.4. The van der Waals surface area contributed by atoms with Gasteiger partial charge in [-0.15, -0.1) is 5.10 Å². The van der Waals surface area contributed by atoms with Gasteiger partial charge in [0, 0.05) is 31.4 Å². The molecule has 1 unspecified atom stereocenters. The van der Waals surface area contributed by atoms with Crippen molar-refractivity contribution < 1.29 is 14.7 Å². The summed E-state index contributed by atoms with van der Waals surface area (Å²) in [5.74, 6) is 0.381. The molecule has 3 rings (SSSR count). The van der Waals surface area contributed by atoms with Crippen LogP contribution in [0.3, 0.4) is 0 Å². The van der Waals surface area contributed by atoms with Crippen LogP contribution in [0.15, 0.2) is 18.3 Å². The number of carboxylic acids is 1. The number of carbonyl (C=O) groups is 2. The maximum atomic E-state index is 12.1. The lowest BCUT2D eigenvalue weighted by Crippen LogP contribution is -2.29. The number of fused-ring (bicyclic) bond motifs is 1. The molecule has 0 spiro atoms. The summed E-state index contributed by atoms with van der Waals surface area (Å²) in [6.45, 7) is 5.41. The van der Waals surface area contributed by atoms with Crippen LogP contribution in [-0.4, -0.2) is 50.1 Å². The van der Waals surface area contributed by atoms with E-state index in [2.05, 4.69) is 51.9 Å². The van der Waals surface area contributed by atoms with Crippen molar-refractivity contribution in [2.24, 2.45) is 5.92 Å². The van der Waals surface area contributed by atoms with Gasteiger partial charge in [-0.05, 0) is 62.5 Å². The molecule has 1 atom stereocenters. The van der Waals surface area contributed by atoms with Gasteiger partial charge >= 0.3 is 5.97 Å². The third kappa shape index (κ3) is 7.03. The average molecular weight is 443 g/mol. The van der Waals surface area contributed by atoms with Crippen LogP contribution in [0.5, 0.6) is 0 Å². The summed E-state index contributed by atoms with van der Waals surface area (Å²) in [5, 5.41) is 23.7. The molecule has 32 heavy (non-hydrogen) atoms. The molecular weight excluding hydrogens is 408 g/mol. The average Bonchev–Trinajstić information content (AvgIpc) is 3.21. The Kier molecular flexibility index (Phi) is 8.58. The Morgan fingerprint density at radius 1 is 1.25 bits per heavy atom. The summed E-state index contributed by atoms with van der Waals surface area (Å²) in [5.41, 5.74) is 3.10. The van der Waals surface area contributed by atoms with E-state index in [1.54, 1.807) is 6.20 Å². The molecule has 3 heterocycles. The zero-order chi connectivity index (χ0) is 22.9. The van der Waals surface area contributed by atoms with E-state index in [0.717, 1.165) is 62.3 Å². The number of carbonyl (C=O) groups excluding carboxylic acids is 1. The molecule has 0 saturated carbocycles. The first kappa shape index (κ1) is 23.7. The number of amides is 1. The molecule has 2 aromatic heterocycles. The summed E-state index contributed by atoms with van der Waals surface area (Å²) in [6.07, 6.45) is 7.83. The fourth-order valence-electron chi connectivity index (χ4n) is 3.88. The fraction of sp³-hybridized carbons (Fsp3) is 0.609. The Balaban J connectivity index is 1.36. The Hall–Kier alpha value is -2.97. The highest BCUT2D eigenvalue weighted by atomic mass is 16.4. The number of aryl methyl sites for hydroxylation is 2. The van der Waals surface area contributed by atoms with Gasteiger partial charge in [-0.2, -0.15) is 0 Å². The smallest absolute Gasteiger partial charge is 0.328 e. The van der Waals surface area contributed by atoms with Crippen molar-refractivity contribution in [3.8, 4) is 0 Å². The Morgan fingerprint density at radius 3 is 2.88 bits per heavy atom. The SMILES string of the molecule is CC(C)Cc1cn(C(CCNC(=O)CCCCc2ccc3c(n2)NCCC3)C(=O)O)nn1. The Labute approximate surface area is 189 Å². The van der Waals surface area contributed by atoms with Gasteiger partial charge in [0.2, 0.25) is 5.91 Å². The first-order valence-electron chi connectivity index (χ1n) is 11.5. The van der Waals surface area contributed by atoms with Crippen LogP contribution in [0.1, 0.15) is 68.9 Å². The lowest BCUT2D eigenvalue weighted by Gasteiger charge is -2.17. The van der Waals surface area contributed by atoms with Gasteiger partial charge in [0.05, 0.1) is 5.69 Å². The summed E-state index contributed by atoms with van der Waals surface area (Å²) >= 11 is 0. The van der Waals surface area contributed by atoms with E-state index in [9.17, 15) is 14.7 Å². The van der Waals surface area contributed by atoms with Crippen molar-refractivity contribution in [1.29, 1.82) is 0 Å². The van der Waals surface area contributed by atoms with Gasteiger partial charge in [-0.25, -0.2) is 14.5 Å². The number of aliphatic carboxylic acids is 1. The highest BCUT2D eigenvalue weighted by molar-refractivity contribution is 5.76. The van der Waals surface area contributed by atoms with E-state index in [1.807, 2.05) is 0 Å². The van der Waals surface area contributed by atoms with Crippen molar-refractivity contribution in [3.05, 3.63) is 35.3 Å². The van der Waals surface area contributed by atoms with Gasteiger partial charge in [0.15, 0.2) is 6.04 Å². The van der Waals surface area contributed by atoms with Crippen LogP contribution in [-0.2, 0) is 28.9 Å². The molecule has 0 saturated heterocycles. The largest absolute Gasteiger partial charge is 0.480 e. The minimum absolute atomic E-state index is 0.0618. The van der Waals surface area contributed by atoms with Crippen molar-refractivity contribution in [2.75, 3.05) is 18.4 Å². The van der Waals surface area contributed by atoms with E-state index in [0.29, 0.717) is 12.3 Å². The van der Waals surface area contributed by atoms with Crippen molar-refractivity contribution >= 4 is 17.7 Å². The number of rotatable bonds is 12. The van der Waals surface area contributed by atoms with E-state index < -0.39 is 12.0 Å². The third-order valence-corrected chi connectivity index (χ3v) is 5.56. The number of nitrogens with zero attached hydrogens (tertiary/aromatic N) is 4. The van der Waals surface area contributed by atoms with Gasteiger partial charge in [-0.1, -0.05) is 25.1 Å². The Morgan fingerprint density at radius 2 is 2.09 bits per heavy atom. The normalized spacial score (nSPS) is 14.0. The van der Waals surface area contributed by atoms with E-state index in [1.165, 1.54) is 10.2 Å². The molecule has 9 heteroatoms. The number of hydrogen-bond donors (Lipinski definition) is 3. The minimum atomic E-state index is -0.979. The second kappa shape index (κ2) is 11.6. The molecule has 9 nitrogen and oxygen atoms in total. The lowest BCUT2D eigenvalue weighted by molar-refractivity contribution is -0.141. The highest BCUT2D eigenvalue weighted by Gasteiger charge is 2.21. The van der Waals surface area contributed by atoms with Crippen molar-refractivity contribution in [2.45, 2.75) is 71.3 Å².